The van der Waals surface area contributed by atoms with Gasteiger partial charge in [-0.1, -0.05) is 26.5 Å². The first-order chi connectivity index (χ1) is 6.97. The highest BCUT2D eigenvalue weighted by Crippen LogP contribution is 2.05. The molecule has 15 heavy (non-hydrogen) atoms. The first kappa shape index (κ1) is 13.8. The van der Waals surface area contributed by atoms with Crippen LogP contribution < -0.4 is 5.73 Å². The quantitative estimate of drug-likeness (QED) is 0.390. The molecule has 0 fully saturated rings. The van der Waals surface area contributed by atoms with Crippen molar-refractivity contribution in [3.05, 3.63) is 12.7 Å². The Morgan fingerprint density at radius 3 is 2.53 bits per heavy atom. The van der Waals surface area contributed by atoms with Crippen molar-refractivity contribution in [2.24, 2.45) is 11.7 Å². The van der Waals surface area contributed by atoms with Crippen LogP contribution in [-0.4, -0.2) is 24.4 Å². The third-order valence-corrected chi connectivity index (χ3v) is 1.82. The van der Waals surface area contributed by atoms with Gasteiger partial charge < -0.3 is 10.5 Å². The fraction of sp³-hybridized carbons (Fsp3) is 0.636. The maximum atomic E-state index is 11.4. The first-order valence-corrected chi connectivity index (χ1v) is 5.02. The smallest absolute Gasteiger partial charge is 0.313 e. The lowest BCUT2D eigenvalue weighted by atomic mass is 10.00. The number of hydrogen-bond donors (Lipinski definition) is 1. The van der Waals surface area contributed by atoms with Gasteiger partial charge in [-0.15, -0.1) is 0 Å². The highest BCUT2D eigenvalue weighted by atomic mass is 16.5. The maximum absolute atomic E-state index is 11.4. The predicted octanol–water partition coefficient (Wildman–Crippen LogP) is 1.05. The SMILES string of the molecule is C=CCOC(=O)CC(=O)[C@@H](N)CC(C)C. The second-order valence-electron chi connectivity index (χ2n) is 3.85. The largest absolute Gasteiger partial charge is 0.461 e. The first-order valence-electron chi connectivity index (χ1n) is 5.02. The number of Topliss-reactive ketones (excluding diaryl/α,β-unsaturated/α-hetero) is 1. The molecule has 0 aliphatic heterocycles. The number of carbonyl (C=O) groups excluding carboxylic acids is 2. The van der Waals surface area contributed by atoms with Crippen LogP contribution in [0.1, 0.15) is 26.7 Å². The third kappa shape index (κ3) is 6.85. The summed E-state index contributed by atoms with van der Waals surface area (Å²) in [6.07, 6.45) is 1.80. The molecule has 0 saturated carbocycles. The Labute approximate surface area is 90.5 Å². The van der Waals surface area contributed by atoms with Gasteiger partial charge in [0.2, 0.25) is 0 Å². The van der Waals surface area contributed by atoms with Crippen molar-refractivity contribution in [3.8, 4) is 0 Å². The molecule has 0 aliphatic rings. The highest BCUT2D eigenvalue weighted by Gasteiger charge is 2.18. The summed E-state index contributed by atoms with van der Waals surface area (Å²) >= 11 is 0. The number of rotatable bonds is 7. The molecule has 0 bridgehead atoms. The molecule has 0 radical (unpaired) electrons. The highest BCUT2D eigenvalue weighted by molar-refractivity contribution is 5.98. The Balaban J connectivity index is 3.90. The van der Waals surface area contributed by atoms with Crippen molar-refractivity contribution in [1.82, 2.24) is 0 Å². The fourth-order valence-corrected chi connectivity index (χ4v) is 1.12. The van der Waals surface area contributed by atoms with Gasteiger partial charge in [0.05, 0.1) is 6.04 Å². The number of nitrogens with two attached hydrogens (primary N) is 1. The van der Waals surface area contributed by atoms with Crippen molar-refractivity contribution in [2.75, 3.05) is 6.61 Å². The van der Waals surface area contributed by atoms with Gasteiger partial charge in [0.1, 0.15) is 13.0 Å². The minimum Gasteiger partial charge on any atom is -0.461 e. The summed E-state index contributed by atoms with van der Waals surface area (Å²) in [6, 6.07) is -0.568. The van der Waals surface area contributed by atoms with Crippen molar-refractivity contribution < 1.29 is 14.3 Å². The summed E-state index contributed by atoms with van der Waals surface area (Å²) in [7, 11) is 0. The van der Waals surface area contributed by atoms with Gasteiger partial charge in [-0.25, -0.2) is 0 Å². The van der Waals surface area contributed by atoms with Gasteiger partial charge in [0.25, 0.3) is 0 Å². The lowest BCUT2D eigenvalue weighted by Crippen LogP contribution is -2.33. The van der Waals surface area contributed by atoms with Crippen molar-refractivity contribution in [3.63, 3.8) is 0 Å². The average Bonchev–Trinajstić information content (AvgIpc) is 2.13. The molecule has 0 spiro atoms. The predicted molar refractivity (Wildman–Crippen MR) is 58.2 cm³/mol. The summed E-state index contributed by atoms with van der Waals surface area (Å²) in [6.45, 7) is 7.48. The van der Waals surface area contributed by atoms with Gasteiger partial charge in [-0.05, 0) is 12.3 Å². The van der Waals surface area contributed by atoms with E-state index in [1.807, 2.05) is 13.8 Å². The summed E-state index contributed by atoms with van der Waals surface area (Å²) < 4.78 is 4.68. The zero-order chi connectivity index (χ0) is 11.8. The Morgan fingerprint density at radius 2 is 2.07 bits per heavy atom. The molecule has 0 aliphatic carbocycles. The van der Waals surface area contributed by atoms with E-state index in [9.17, 15) is 9.59 Å². The lowest BCUT2D eigenvalue weighted by Gasteiger charge is -2.12. The molecular weight excluding hydrogens is 194 g/mol. The summed E-state index contributed by atoms with van der Waals surface area (Å²) in [5, 5.41) is 0. The molecular formula is C11H19NO3. The van der Waals surface area contributed by atoms with Crippen LogP contribution in [0.15, 0.2) is 12.7 Å². The standard InChI is InChI=1S/C11H19NO3/c1-4-5-15-11(14)7-10(13)9(12)6-8(2)3/h4,8-9H,1,5-7,12H2,2-3H3/t9-/m0/s1. The normalized spacial score (nSPS) is 12.3. The number of hydrogen-bond acceptors (Lipinski definition) is 4. The van der Waals surface area contributed by atoms with Crippen molar-refractivity contribution in [2.45, 2.75) is 32.7 Å². The fourth-order valence-electron chi connectivity index (χ4n) is 1.12. The summed E-state index contributed by atoms with van der Waals surface area (Å²) in [5.41, 5.74) is 5.62. The Hall–Kier alpha value is -1.16. The molecule has 0 amide bonds. The van der Waals surface area contributed by atoms with Crippen LogP contribution >= 0.6 is 0 Å². The molecule has 86 valence electrons. The van der Waals surface area contributed by atoms with E-state index in [1.54, 1.807) is 0 Å². The van der Waals surface area contributed by atoms with Crippen molar-refractivity contribution >= 4 is 11.8 Å². The van der Waals surface area contributed by atoms with E-state index in [4.69, 9.17) is 5.73 Å². The number of ketones is 1. The molecule has 1 atom stereocenters. The van der Waals surface area contributed by atoms with Crippen molar-refractivity contribution in [1.29, 1.82) is 0 Å². The van der Waals surface area contributed by atoms with Crippen LogP contribution in [-0.2, 0) is 14.3 Å². The molecule has 0 unspecified atom stereocenters. The van der Waals surface area contributed by atoms with Crippen LogP contribution in [0.5, 0.6) is 0 Å². The van der Waals surface area contributed by atoms with Gasteiger partial charge in [-0.2, -0.15) is 0 Å². The average molecular weight is 213 g/mol. The number of ether oxygens (including phenoxy) is 1. The van der Waals surface area contributed by atoms with Gasteiger partial charge in [-0.3, -0.25) is 9.59 Å². The molecule has 4 heteroatoms. The van der Waals surface area contributed by atoms with Gasteiger partial charge in [0, 0.05) is 0 Å². The molecule has 2 N–H and O–H groups in total. The van der Waals surface area contributed by atoms with E-state index in [2.05, 4.69) is 11.3 Å². The molecule has 0 heterocycles. The van der Waals surface area contributed by atoms with Crippen LogP contribution in [0.4, 0.5) is 0 Å². The van der Waals surface area contributed by atoms with E-state index in [1.165, 1.54) is 6.08 Å². The number of esters is 1. The Kier molecular flexibility index (Phi) is 6.62. The lowest BCUT2D eigenvalue weighted by molar-refractivity contribution is -0.145. The van der Waals surface area contributed by atoms with Crippen LogP contribution in [0.2, 0.25) is 0 Å². The Bertz CT molecular complexity index is 236. The maximum Gasteiger partial charge on any atom is 0.313 e. The summed E-state index contributed by atoms with van der Waals surface area (Å²) in [4.78, 5) is 22.5. The molecule has 0 aromatic heterocycles. The molecule has 0 rings (SSSR count). The summed E-state index contributed by atoms with van der Waals surface area (Å²) in [5.74, 6) is -0.468. The molecule has 0 aromatic rings. The van der Waals surface area contributed by atoms with E-state index in [-0.39, 0.29) is 18.8 Å². The second-order valence-corrected chi connectivity index (χ2v) is 3.85. The minimum atomic E-state index is -0.568. The van der Waals surface area contributed by atoms with E-state index >= 15 is 0 Å². The molecule has 0 aromatic carbocycles. The van der Waals surface area contributed by atoms with Gasteiger partial charge in [0.15, 0.2) is 5.78 Å². The monoisotopic (exact) mass is 213 g/mol. The molecule has 4 nitrogen and oxygen atoms in total. The van der Waals surface area contributed by atoms with E-state index in [0.717, 1.165) is 0 Å². The Morgan fingerprint density at radius 1 is 1.47 bits per heavy atom. The zero-order valence-electron chi connectivity index (χ0n) is 9.36. The minimum absolute atomic E-state index is 0.130. The number of carbonyl (C=O) groups is 2. The zero-order valence-corrected chi connectivity index (χ0v) is 9.36. The topological polar surface area (TPSA) is 69.4 Å². The van der Waals surface area contributed by atoms with Crippen LogP contribution in [0.25, 0.3) is 0 Å². The van der Waals surface area contributed by atoms with Crippen LogP contribution in [0, 0.1) is 5.92 Å². The molecule has 0 saturated heterocycles. The van der Waals surface area contributed by atoms with E-state index in [0.29, 0.717) is 12.3 Å². The van der Waals surface area contributed by atoms with Gasteiger partial charge >= 0.3 is 5.97 Å². The van der Waals surface area contributed by atoms with E-state index < -0.39 is 12.0 Å². The van der Waals surface area contributed by atoms with Crippen LogP contribution in [0.3, 0.4) is 0 Å². The third-order valence-electron chi connectivity index (χ3n) is 1.82. The second kappa shape index (κ2) is 7.17.